The molecule has 1 atom stereocenters. The number of aromatic nitrogens is 1. The number of nitrogens with zero attached hydrogens (tertiary/aromatic N) is 1. The van der Waals surface area contributed by atoms with E-state index in [4.69, 9.17) is 9.84 Å². The highest BCUT2D eigenvalue weighted by molar-refractivity contribution is 5.67. The van der Waals surface area contributed by atoms with Crippen molar-refractivity contribution in [1.29, 1.82) is 0 Å². The highest BCUT2D eigenvalue weighted by Gasteiger charge is 2.19. The van der Waals surface area contributed by atoms with E-state index < -0.39 is 5.97 Å². The molecule has 5 heteroatoms. The molecule has 1 aliphatic rings. The Morgan fingerprint density at radius 3 is 2.85 bits per heavy atom. The van der Waals surface area contributed by atoms with Crippen molar-refractivity contribution in [3.63, 3.8) is 0 Å². The van der Waals surface area contributed by atoms with Gasteiger partial charge < -0.3 is 14.4 Å². The maximum Gasteiger partial charge on any atom is 0.303 e. The van der Waals surface area contributed by atoms with Crippen molar-refractivity contribution in [3.8, 4) is 0 Å². The van der Waals surface area contributed by atoms with Crippen LogP contribution in [0.5, 0.6) is 0 Å². The van der Waals surface area contributed by atoms with Gasteiger partial charge in [-0.25, -0.2) is 0 Å². The Hall–Kier alpha value is -1.62. The monoisotopic (exact) mass is 279 g/mol. The summed E-state index contributed by atoms with van der Waals surface area (Å²) in [5.74, 6) is -0.880. The van der Waals surface area contributed by atoms with E-state index in [0.29, 0.717) is 12.1 Å². The quantitative estimate of drug-likeness (QED) is 0.890. The first-order chi connectivity index (χ1) is 9.49. The van der Waals surface area contributed by atoms with Gasteiger partial charge in [0.2, 0.25) is 0 Å². The van der Waals surface area contributed by atoms with Gasteiger partial charge in [-0.05, 0) is 44.7 Å². The lowest BCUT2D eigenvalue weighted by molar-refractivity contribution is -0.136. The van der Waals surface area contributed by atoms with Crippen molar-refractivity contribution in [2.24, 2.45) is 0 Å². The number of hydrogen-bond acceptors (Lipinski definition) is 3. The predicted molar refractivity (Wildman–Crippen MR) is 75.1 cm³/mol. The molecule has 0 spiro atoms. The second-order valence-corrected chi connectivity index (χ2v) is 5.39. The second kappa shape index (κ2) is 6.22. The molecule has 1 saturated heterocycles. The van der Waals surface area contributed by atoms with Crippen molar-refractivity contribution in [3.05, 3.63) is 33.2 Å². The van der Waals surface area contributed by atoms with E-state index >= 15 is 0 Å². The number of carboxylic acid groups (broad SMARTS) is 1. The molecular formula is C15H21NO4. The van der Waals surface area contributed by atoms with Gasteiger partial charge in [-0.15, -0.1) is 0 Å². The van der Waals surface area contributed by atoms with Crippen LogP contribution in [0.2, 0.25) is 0 Å². The summed E-state index contributed by atoms with van der Waals surface area (Å²) in [6, 6.07) is 1.95. The lowest BCUT2D eigenvalue weighted by Gasteiger charge is -2.17. The summed E-state index contributed by atoms with van der Waals surface area (Å²) in [7, 11) is 0. The van der Waals surface area contributed by atoms with Crippen LogP contribution in [0.4, 0.5) is 0 Å². The van der Waals surface area contributed by atoms with Crippen molar-refractivity contribution >= 4 is 5.97 Å². The molecule has 1 N–H and O–H groups in total. The molecule has 0 saturated carbocycles. The third kappa shape index (κ3) is 3.28. The Bertz CT molecular complexity index is 556. The molecule has 1 aliphatic heterocycles. The lowest BCUT2D eigenvalue weighted by Crippen LogP contribution is -2.31. The zero-order valence-corrected chi connectivity index (χ0v) is 12.0. The van der Waals surface area contributed by atoms with Gasteiger partial charge in [0.1, 0.15) is 0 Å². The van der Waals surface area contributed by atoms with Crippen LogP contribution in [0.15, 0.2) is 10.9 Å². The van der Waals surface area contributed by atoms with Crippen LogP contribution in [-0.2, 0) is 22.5 Å². The normalized spacial score (nSPS) is 18.4. The predicted octanol–water partition coefficient (Wildman–Crippen LogP) is 1.66. The average Bonchev–Trinajstić information content (AvgIpc) is 2.86. The lowest BCUT2D eigenvalue weighted by atomic mass is 10.0. The van der Waals surface area contributed by atoms with Crippen LogP contribution in [0, 0.1) is 13.8 Å². The molecule has 1 fully saturated rings. The molecule has 1 unspecified atom stereocenters. The highest BCUT2D eigenvalue weighted by atomic mass is 16.5. The minimum atomic E-state index is -0.880. The SMILES string of the molecule is Cc1cc(C)n(CC2CCCO2)c(=O)c1CCC(=O)O. The van der Waals surface area contributed by atoms with E-state index in [-0.39, 0.29) is 24.5 Å². The molecule has 0 radical (unpaired) electrons. The minimum Gasteiger partial charge on any atom is -0.481 e. The van der Waals surface area contributed by atoms with Gasteiger partial charge >= 0.3 is 5.97 Å². The first-order valence-corrected chi connectivity index (χ1v) is 7.02. The third-order valence-corrected chi connectivity index (χ3v) is 3.83. The van der Waals surface area contributed by atoms with E-state index in [1.54, 1.807) is 4.57 Å². The smallest absolute Gasteiger partial charge is 0.303 e. The van der Waals surface area contributed by atoms with Gasteiger partial charge in [-0.2, -0.15) is 0 Å². The molecule has 2 heterocycles. The molecule has 0 amide bonds. The third-order valence-electron chi connectivity index (χ3n) is 3.83. The summed E-state index contributed by atoms with van der Waals surface area (Å²) < 4.78 is 7.30. The summed E-state index contributed by atoms with van der Waals surface area (Å²) in [6.07, 6.45) is 2.38. The summed E-state index contributed by atoms with van der Waals surface area (Å²) in [5.41, 5.74) is 2.31. The zero-order valence-electron chi connectivity index (χ0n) is 12.0. The number of rotatable bonds is 5. The number of carboxylic acids is 1. The van der Waals surface area contributed by atoms with Crippen LogP contribution in [0.1, 0.15) is 36.1 Å². The Morgan fingerprint density at radius 2 is 2.25 bits per heavy atom. The second-order valence-electron chi connectivity index (χ2n) is 5.39. The van der Waals surface area contributed by atoms with Crippen LogP contribution >= 0.6 is 0 Å². The maximum atomic E-state index is 12.5. The fourth-order valence-electron chi connectivity index (χ4n) is 2.73. The molecular weight excluding hydrogens is 258 g/mol. The van der Waals surface area contributed by atoms with Crippen LogP contribution in [0.3, 0.4) is 0 Å². The summed E-state index contributed by atoms with van der Waals surface area (Å²) in [4.78, 5) is 23.2. The molecule has 0 aliphatic carbocycles. The fourth-order valence-corrected chi connectivity index (χ4v) is 2.73. The van der Waals surface area contributed by atoms with Crippen molar-refractivity contribution in [2.45, 2.75) is 52.2 Å². The molecule has 110 valence electrons. The van der Waals surface area contributed by atoms with Crippen molar-refractivity contribution < 1.29 is 14.6 Å². The molecule has 0 bridgehead atoms. The topological polar surface area (TPSA) is 68.5 Å². The summed E-state index contributed by atoms with van der Waals surface area (Å²) in [5, 5.41) is 8.78. The van der Waals surface area contributed by atoms with Gasteiger partial charge in [-0.3, -0.25) is 9.59 Å². The average molecular weight is 279 g/mol. The molecule has 20 heavy (non-hydrogen) atoms. The van der Waals surface area contributed by atoms with E-state index in [2.05, 4.69) is 0 Å². The molecule has 1 aromatic heterocycles. The summed E-state index contributed by atoms with van der Waals surface area (Å²) in [6.45, 7) is 5.09. The van der Waals surface area contributed by atoms with Crippen molar-refractivity contribution in [2.75, 3.05) is 6.61 Å². The van der Waals surface area contributed by atoms with Gasteiger partial charge in [0.25, 0.3) is 5.56 Å². The van der Waals surface area contributed by atoms with Gasteiger partial charge in [0, 0.05) is 24.3 Å². The number of carbonyl (C=O) groups is 1. The summed E-state index contributed by atoms with van der Waals surface area (Å²) >= 11 is 0. The molecule has 2 rings (SSSR count). The standard InChI is InChI=1S/C15H21NO4/c1-10-8-11(2)16(9-12-4-3-7-20-12)15(19)13(10)5-6-14(17)18/h8,12H,3-7,9H2,1-2H3,(H,17,18). The fraction of sp³-hybridized carbons (Fsp3) is 0.600. The molecule has 5 nitrogen and oxygen atoms in total. The zero-order chi connectivity index (χ0) is 14.7. The van der Waals surface area contributed by atoms with Gasteiger partial charge in [0.15, 0.2) is 0 Å². The Kier molecular flexibility index (Phi) is 4.60. The first kappa shape index (κ1) is 14.8. The number of aliphatic carboxylic acids is 1. The van der Waals surface area contributed by atoms with Crippen LogP contribution < -0.4 is 5.56 Å². The first-order valence-electron chi connectivity index (χ1n) is 7.02. The molecule has 1 aromatic rings. The minimum absolute atomic E-state index is 0.0148. The van der Waals surface area contributed by atoms with E-state index in [1.807, 2.05) is 19.9 Å². The highest BCUT2D eigenvalue weighted by Crippen LogP contribution is 2.15. The van der Waals surface area contributed by atoms with Gasteiger partial charge in [-0.1, -0.05) is 0 Å². The van der Waals surface area contributed by atoms with E-state index in [1.165, 1.54) is 0 Å². The Morgan fingerprint density at radius 1 is 1.50 bits per heavy atom. The molecule has 0 aromatic carbocycles. The van der Waals surface area contributed by atoms with E-state index in [9.17, 15) is 9.59 Å². The van der Waals surface area contributed by atoms with E-state index in [0.717, 1.165) is 30.7 Å². The Labute approximate surface area is 118 Å². The van der Waals surface area contributed by atoms with Crippen LogP contribution in [0.25, 0.3) is 0 Å². The Balaban J connectivity index is 2.28. The maximum absolute atomic E-state index is 12.5. The number of aryl methyl sites for hydroxylation is 2. The van der Waals surface area contributed by atoms with Gasteiger partial charge in [0.05, 0.1) is 12.6 Å². The largest absolute Gasteiger partial charge is 0.481 e. The number of ether oxygens (including phenoxy) is 1. The number of pyridine rings is 1. The van der Waals surface area contributed by atoms with Crippen molar-refractivity contribution in [1.82, 2.24) is 4.57 Å². The number of hydrogen-bond donors (Lipinski definition) is 1. The van der Waals surface area contributed by atoms with Crippen LogP contribution in [-0.4, -0.2) is 28.4 Å².